The number of nitrogens with two attached hydrogens (primary N) is 2. The Labute approximate surface area is 189 Å². The lowest BCUT2D eigenvalue weighted by molar-refractivity contribution is -0.145. The first-order valence-corrected chi connectivity index (χ1v) is 11.8. The van der Waals surface area contributed by atoms with Gasteiger partial charge in [0.2, 0.25) is 11.8 Å². The van der Waals surface area contributed by atoms with Gasteiger partial charge in [-0.1, -0.05) is 48.5 Å². The van der Waals surface area contributed by atoms with Crippen molar-refractivity contribution < 1.29 is 9.59 Å². The van der Waals surface area contributed by atoms with E-state index in [0.717, 1.165) is 36.8 Å². The number of carbonyl (C=O) groups is 2. The molecule has 1 aliphatic heterocycles. The quantitative estimate of drug-likeness (QED) is 0.761. The van der Waals surface area contributed by atoms with Crippen LogP contribution >= 0.6 is 0 Å². The number of rotatable bonds is 2. The van der Waals surface area contributed by atoms with E-state index in [2.05, 4.69) is 12.1 Å². The number of hydrogen-bond donors (Lipinski definition) is 2. The Morgan fingerprint density at radius 2 is 1.03 bits per heavy atom. The first kappa shape index (κ1) is 21.2. The van der Waals surface area contributed by atoms with Gasteiger partial charge in [0.1, 0.15) is 0 Å². The fourth-order valence-electron chi connectivity index (χ4n) is 5.76. The molecule has 0 saturated carbocycles. The SMILES string of the molecule is N[C@H]1c2ccccc2CC[C@H]1C(=O)N1CCN(C(=O)[C@@H]2CCc3ccccc3[C@@H]2N)CC1. The largest absolute Gasteiger partial charge is 0.339 e. The molecule has 4 N–H and O–H groups in total. The Bertz CT molecular complexity index is 933. The zero-order chi connectivity index (χ0) is 22.2. The number of benzene rings is 2. The topological polar surface area (TPSA) is 92.7 Å². The van der Waals surface area contributed by atoms with E-state index in [-0.39, 0.29) is 35.7 Å². The highest BCUT2D eigenvalue weighted by Gasteiger charge is 2.38. The molecule has 3 aliphatic rings. The average Bonchev–Trinajstić information content (AvgIpc) is 2.84. The lowest BCUT2D eigenvalue weighted by Crippen LogP contribution is -2.55. The van der Waals surface area contributed by atoms with Gasteiger partial charge >= 0.3 is 0 Å². The summed E-state index contributed by atoms with van der Waals surface area (Å²) in [6, 6.07) is 15.8. The van der Waals surface area contributed by atoms with Gasteiger partial charge in [0.05, 0.1) is 11.8 Å². The Balaban J connectivity index is 1.20. The third kappa shape index (κ3) is 3.71. The van der Waals surface area contributed by atoms with Gasteiger partial charge in [-0.3, -0.25) is 9.59 Å². The third-order valence-corrected chi connectivity index (χ3v) is 7.68. The van der Waals surface area contributed by atoms with Gasteiger partial charge in [0, 0.05) is 38.3 Å². The standard InChI is InChI=1S/C26H32N4O2/c27-23-19-7-3-1-5-17(19)9-11-21(23)25(31)29-13-15-30(16-14-29)26(32)22-12-10-18-6-2-4-8-20(18)24(22)28/h1-8,21-24H,9-16,27-28H2/t21-,22-,23+,24+/m1/s1. The van der Waals surface area contributed by atoms with Crippen LogP contribution < -0.4 is 11.5 Å². The summed E-state index contributed by atoms with van der Waals surface area (Å²) in [5.74, 6) is -0.115. The maximum atomic E-state index is 13.3. The predicted molar refractivity (Wildman–Crippen MR) is 124 cm³/mol. The molecule has 0 spiro atoms. The normalized spacial score (nSPS) is 27.4. The van der Waals surface area contributed by atoms with Crippen LogP contribution in [0.1, 0.15) is 47.2 Å². The molecule has 0 aromatic heterocycles. The third-order valence-electron chi connectivity index (χ3n) is 7.68. The monoisotopic (exact) mass is 432 g/mol. The van der Waals surface area contributed by atoms with Crippen molar-refractivity contribution in [3.8, 4) is 0 Å². The molecule has 2 aromatic carbocycles. The average molecular weight is 433 g/mol. The van der Waals surface area contributed by atoms with E-state index in [4.69, 9.17) is 11.5 Å². The number of nitrogens with zero attached hydrogens (tertiary/aromatic N) is 2. The highest BCUT2D eigenvalue weighted by molar-refractivity contribution is 5.82. The second kappa shape index (κ2) is 8.68. The molecular formula is C26H32N4O2. The molecule has 0 radical (unpaired) electrons. The zero-order valence-corrected chi connectivity index (χ0v) is 18.5. The minimum absolute atomic E-state index is 0.127. The molecule has 4 atom stereocenters. The molecule has 0 unspecified atom stereocenters. The summed E-state index contributed by atoms with van der Waals surface area (Å²) in [6.45, 7) is 2.25. The van der Waals surface area contributed by atoms with Gasteiger partial charge in [-0.05, 0) is 47.9 Å². The molecule has 6 heteroatoms. The first-order valence-electron chi connectivity index (χ1n) is 11.8. The van der Waals surface area contributed by atoms with Crippen LogP contribution in [0.15, 0.2) is 48.5 Å². The van der Waals surface area contributed by atoms with Gasteiger partial charge in [0.25, 0.3) is 0 Å². The first-order chi connectivity index (χ1) is 15.5. The fraction of sp³-hybridized carbons (Fsp3) is 0.462. The summed E-state index contributed by atoms with van der Waals surface area (Å²) >= 11 is 0. The van der Waals surface area contributed by atoms with Crippen molar-refractivity contribution in [3.63, 3.8) is 0 Å². The van der Waals surface area contributed by atoms with Crippen molar-refractivity contribution in [2.75, 3.05) is 26.2 Å². The van der Waals surface area contributed by atoms with Crippen LogP contribution in [0.3, 0.4) is 0 Å². The second-order valence-corrected chi connectivity index (χ2v) is 9.39. The molecule has 6 nitrogen and oxygen atoms in total. The molecule has 1 saturated heterocycles. The van der Waals surface area contributed by atoms with Crippen molar-refractivity contribution in [3.05, 3.63) is 70.8 Å². The molecule has 32 heavy (non-hydrogen) atoms. The maximum absolute atomic E-state index is 13.3. The number of amides is 2. The van der Waals surface area contributed by atoms with E-state index >= 15 is 0 Å². The Morgan fingerprint density at radius 1 is 0.656 bits per heavy atom. The summed E-state index contributed by atoms with van der Waals surface area (Å²) in [5, 5.41) is 0. The minimum Gasteiger partial charge on any atom is -0.339 e. The zero-order valence-electron chi connectivity index (χ0n) is 18.5. The smallest absolute Gasteiger partial charge is 0.227 e. The lowest BCUT2D eigenvalue weighted by atomic mass is 9.79. The van der Waals surface area contributed by atoms with Crippen molar-refractivity contribution in [2.45, 2.75) is 37.8 Å². The molecule has 0 bridgehead atoms. The Kier molecular flexibility index (Phi) is 5.74. The number of piperazine rings is 1. The summed E-state index contributed by atoms with van der Waals surface area (Å²) in [4.78, 5) is 30.3. The predicted octanol–water partition coefficient (Wildman–Crippen LogP) is 2.18. The highest BCUT2D eigenvalue weighted by Crippen LogP contribution is 2.35. The van der Waals surface area contributed by atoms with Crippen molar-refractivity contribution in [2.24, 2.45) is 23.3 Å². The van der Waals surface area contributed by atoms with Crippen LogP contribution in [-0.2, 0) is 22.4 Å². The van der Waals surface area contributed by atoms with E-state index in [1.165, 1.54) is 11.1 Å². The number of fused-ring (bicyclic) bond motifs is 2. The highest BCUT2D eigenvalue weighted by atomic mass is 16.2. The fourth-order valence-corrected chi connectivity index (χ4v) is 5.76. The van der Waals surface area contributed by atoms with Gasteiger partial charge < -0.3 is 21.3 Å². The summed E-state index contributed by atoms with van der Waals surface area (Å²) < 4.78 is 0. The van der Waals surface area contributed by atoms with E-state index in [0.29, 0.717) is 26.2 Å². The van der Waals surface area contributed by atoms with Crippen molar-refractivity contribution in [1.82, 2.24) is 9.80 Å². The van der Waals surface area contributed by atoms with Crippen LogP contribution in [0, 0.1) is 11.8 Å². The Hall–Kier alpha value is -2.70. The lowest BCUT2D eigenvalue weighted by Gasteiger charge is -2.41. The minimum atomic E-state index is -0.257. The van der Waals surface area contributed by atoms with Gasteiger partial charge in [0.15, 0.2) is 0 Å². The van der Waals surface area contributed by atoms with Crippen LogP contribution in [0.2, 0.25) is 0 Å². The summed E-state index contributed by atoms with van der Waals surface area (Å²) in [5.41, 5.74) is 17.7. The molecule has 2 amide bonds. The van der Waals surface area contributed by atoms with Crippen molar-refractivity contribution in [1.29, 1.82) is 0 Å². The second-order valence-electron chi connectivity index (χ2n) is 9.39. The van der Waals surface area contributed by atoms with E-state index in [9.17, 15) is 9.59 Å². The summed E-state index contributed by atoms with van der Waals surface area (Å²) in [6.07, 6.45) is 3.35. The maximum Gasteiger partial charge on any atom is 0.227 e. The molecule has 5 rings (SSSR count). The van der Waals surface area contributed by atoms with E-state index in [1.54, 1.807) is 0 Å². The van der Waals surface area contributed by atoms with Gasteiger partial charge in [-0.2, -0.15) is 0 Å². The van der Waals surface area contributed by atoms with Crippen LogP contribution in [0.5, 0.6) is 0 Å². The number of aryl methyl sites for hydroxylation is 2. The van der Waals surface area contributed by atoms with E-state index < -0.39 is 0 Å². The van der Waals surface area contributed by atoms with Gasteiger partial charge in [-0.15, -0.1) is 0 Å². The summed E-state index contributed by atoms with van der Waals surface area (Å²) in [7, 11) is 0. The van der Waals surface area contributed by atoms with Crippen LogP contribution in [-0.4, -0.2) is 47.8 Å². The number of hydrogen-bond acceptors (Lipinski definition) is 4. The van der Waals surface area contributed by atoms with Crippen molar-refractivity contribution >= 4 is 11.8 Å². The molecule has 1 heterocycles. The van der Waals surface area contributed by atoms with Gasteiger partial charge in [-0.25, -0.2) is 0 Å². The molecule has 1 fully saturated rings. The molecular weight excluding hydrogens is 400 g/mol. The van der Waals surface area contributed by atoms with Crippen LogP contribution in [0.25, 0.3) is 0 Å². The molecule has 2 aliphatic carbocycles. The molecule has 2 aromatic rings. The number of carbonyl (C=O) groups excluding carboxylic acids is 2. The Morgan fingerprint density at radius 3 is 1.44 bits per heavy atom. The molecule has 168 valence electrons. The van der Waals surface area contributed by atoms with Crippen LogP contribution in [0.4, 0.5) is 0 Å². The van der Waals surface area contributed by atoms with E-state index in [1.807, 2.05) is 46.2 Å².